The number of nitrogens with zero attached hydrogens (tertiary/aromatic N) is 2. The van der Waals surface area contributed by atoms with Gasteiger partial charge in [0.05, 0.1) is 18.2 Å². The summed E-state index contributed by atoms with van der Waals surface area (Å²) in [7, 11) is 0. The summed E-state index contributed by atoms with van der Waals surface area (Å²) in [5, 5.41) is 13.0. The third-order valence-electron chi connectivity index (χ3n) is 5.09. The molecule has 1 heterocycles. The van der Waals surface area contributed by atoms with E-state index in [2.05, 4.69) is 5.32 Å². The number of amides is 2. The number of likely N-dealkylation sites (tertiary alicyclic amines) is 1. The molecular formula is C23H29N3O3. The zero-order chi connectivity index (χ0) is 20.8. The van der Waals surface area contributed by atoms with Crippen molar-refractivity contribution in [2.45, 2.75) is 38.8 Å². The fourth-order valence-corrected chi connectivity index (χ4v) is 3.71. The van der Waals surface area contributed by atoms with Gasteiger partial charge in [-0.2, -0.15) is 0 Å². The fraction of sp³-hybridized carbons (Fsp3) is 0.391. The van der Waals surface area contributed by atoms with Crippen LogP contribution in [-0.4, -0.2) is 53.6 Å². The molecule has 2 N–H and O–H groups in total. The number of benzene rings is 2. The Bertz CT molecular complexity index is 838. The maximum absolute atomic E-state index is 13.0. The number of β-amino-alcohol motifs (C(OH)–C–C–N with tert-alkyl or cyclic N) is 1. The van der Waals surface area contributed by atoms with Gasteiger partial charge < -0.3 is 20.2 Å². The van der Waals surface area contributed by atoms with Crippen LogP contribution in [0.3, 0.4) is 0 Å². The molecule has 1 saturated heterocycles. The summed E-state index contributed by atoms with van der Waals surface area (Å²) in [6.07, 6.45) is 1.05. The highest BCUT2D eigenvalue weighted by atomic mass is 16.3. The van der Waals surface area contributed by atoms with Gasteiger partial charge in [0.25, 0.3) is 5.91 Å². The van der Waals surface area contributed by atoms with Crippen LogP contribution >= 0.6 is 0 Å². The second kappa shape index (κ2) is 9.56. The topological polar surface area (TPSA) is 72.9 Å². The molecule has 0 saturated carbocycles. The molecule has 154 valence electrons. The molecule has 3 rings (SSSR count). The maximum Gasteiger partial charge on any atom is 0.256 e. The van der Waals surface area contributed by atoms with Crippen LogP contribution in [0.1, 0.15) is 37.0 Å². The molecule has 1 unspecified atom stereocenters. The van der Waals surface area contributed by atoms with Crippen LogP contribution in [0.5, 0.6) is 0 Å². The Balaban J connectivity index is 1.72. The number of aliphatic hydroxyl groups is 1. The molecule has 0 radical (unpaired) electrons. The molecule has 2 aromatic carbocycles. The smallest absolute Gasteiger partial charge is 0.256 e. The second-order valence-electron chi connectivity index (χ2n) is 7.64. The normalized spacial score (nSPS) is 16.6. The van der Waals surface area contributed by atoms with E-state index in [1.54, 1.807) is 15.9 Å². The molecule has 2 amide bonds. The van der Waals surface area contributed by atoms with Gasteiger partial charge in [0, 0.05) is 30.5 Å². The Labute approximate surface area is 172 Å². The molecule has 6 nitrogen and oxygen atoms in total. The predicted molar refractivity (Wildman–Crippen MR) is 115 cm³/mol. The van der Waals surface area contributed by atoms with Crippen molar-refractivity contribution in [1.29, 1.82) is 0 Å². The van der Waals surface area contributed by atoms with Gasteiger partial charge in [-0.05, 0) is 51.0 Å². The quantitative estimate of drug-likeness (QED) is 0.788. The van der Waals surface area contributed by atoms with Crippen LogP contribution in [0.25, 0.3) is 0 Å². The van der Waals surface area contributed by atoms with Gasteiger partial charge in [-0.25, -0.2) is 0 Å². The lowest BCUT2D eigenvalue weighted by molar-refractivity contribution is -0.117. The Morgan fingerprint density at radius 1 is 1.14 bits per heavy atom. The molecule has 1 aliphatic heterocycles. The van der Waals surface area contributed by atoms with E-state index in [1.807, 2.05) is 62.4 Å². The summed E-state index contributed by atoms with van der Waals surface area (Å²) in [6, 6.07) is 16.8. The van der Waals surface area contributed by atoms with Crippen molar-refractivity contribution in [3.63, 3.8) is 0 Å². The van der Waals surface area contributed by atoms with Crippen LogP contribution in [0.4, 0.5) is 11.4 Å². The fourth-order valence-electron chi connectivity index (χ4n) is 3.71. The lowest BCUT2D eigenvalue weighted by Gasteiger charge is -2.31. The number of aliphatic hydroxyl groups excluding tert-OH is 1. The van der Waals surface area contributed by atoms with Crippen LogP contribution in [-0.2, 0) is 4.79 Å². The van der Waals surface area contributed by atoms with Crippen LogP contribution < -0.4 is 10.2 Å². The summed E-state index contributed by atoms with van der Waals surface area (Å²) in [6.45, 7) is 5.02. The highest BCUT2D eigenvalue weighted by molar-refractivity contribution is 6.01. The summed E-state index contributed by atoms with van der Waals surface area (Å²) in [4.78, 5) is 29.3. The van der Waals surface area contributed by atoms with E-state index < -0.39 is 6.10 Å². The predicted octanol–water partition coefficient (Wildman–Crippen LogP) is 3.14. The van der Waals surface area contributed by atoms with Crippen molar-refractivity contribution in [1.82, 2.24) is 4.90 Å². The van der Waals surface area contributed by atoms with E-state index in [0.29, 0.717) is 24.3 Å². The zero-order valence-electron chi connectivity index (χ0n) is 17.0. The minimum atomic E-state index is -0.472. The largest absolute Gasteiger partial charge is 0.391 e. The first-order valence-electron chi connectivity index (χ1n) is 10.1. The van der Waals surface area contributed by atoms with E-state index in [1.165, 1.54) is 0 Å². The lowest BCUT2D eigenvalue weighted by Crippen LogP contribution is -2.42. The Kier molecular flexibility index (Phi) is 6.88. The molecule has 6 heteroatoms. The van der Waals surface area contributed by atoms with Gasteiger partial charge in [0.15, 0.2) is 0 Å². The summed E-state index contributed by atoms with van der Waals surface area (Å²) in [5.74, 6) is -0.190. The molecule has 2 aromatic rings. The van der Waals surface area contributed by atoms with E-state index in [-0.39, 0.29) is 24.4 Å². The number of anilines is 2. The Morgan fingerprint density at radius 3 is 2.52 bits per heavy atom. The first-order chi connectivity index (χ1) is 14.0. The molecule has 0 bridgehead atoms. The number of hydrogen-bond acceptors (Lipinski definition) is 4. The molecule has 0 spiro atoms. The number of carbonyl (C=O) groups is 2. The third kappa shape index (κ3) is 5.15. The van der Waals surface area contributed by atoms with E-state index >= 15 is 0 Å². The van der Waals surface area contributed by atoms with Gasteiger partial charge in [0.2, 0.25) is 5.91 Å². The average Bonchev–Trinajstić information content (AvgIpc) is 2.72. The molecule has 29 heavy (non-hydrogen) atoms. The molecule has 1 fully saturated rings. The summed E-state index contributed by atoms with van der Waals surface area (Å²) < 4.78 is 0. The molecular weight excluding hydrogens is 366 g/mol. The highest BCUT2D eigenvalue weighted by Gasteiger charge is 2.25. The minimum absolute atomic E-state index is 0.0124. The first kappa shape index (κ1) is 20.9. The Hall–Kier alpha value is -2.86. The number of hydrogen-bond donors (Lipinski definition) is 2. The molecule has 1 aliphatic rings. The van der Waals surface area contributed by atoms with Crippen LogP contribution in [0, 0.1) is 0 Å². The number of nitrogens with one attached hydrogen (secondary N) is 1. The third-order valence-corrected chi connectivity index (χ3v) is 5.09. The SMILES string of the molecule is CC(C)N(C(=O)CNc1ccccc1C(=O)N1CCCC(O)C1)c1ccccc1. The van der Waals surface area contributed by atoms with E-state index in [0.717, 1.165) is 18.5 Å². The van der Waals surface area contributed by atoms with Crippen LogP contribution in [0.2, 0.25) is 0 Å². The van der Waals surface area contributed by atoms with Gasteiger partial charge in [-0.1, -0.05) is 30.3 Å². The first-order valence-corrected chi connectivity index (χ1v) is 10.1. The highest BCUT2D eigenvalue weighted by Crippen LogP contribution is 2.21. The molecule has 0 aromatic heterocycles. The van der Waals surface area contributed by atoms with Crippen molar-refractivity contribution in [3.8, 4) is 0 Å². The standard InChI is InChI=1S/C23H29N3O3/c1-17(2)26(18-9-4-3-5-10-18)22(28)15-24-21-13-7-6-12-20(21)23(29)25-14-8-11-19(27)16-25/h3-7,9-10,12-13,17,19,24,27H,8,11,14-16H2,1-2H3. The second-order valence-corrected chi connectivity index (χ2v) is 7.64. The monoisotopic (exact) mass is 395 g/mol. The van der Waals surface area contributed by atoms with E-state index in [9.17, 15) is 14.7 Å². The maximum atomic E-state index is 13.0. The summed E-state index contributed by atoms with van der Waals surface area (Å²) >= 11 is 0. The van der Waals surface area contributed by atoms with Crippen LogP contribution in [0.15, 0.2) is 54.6 Å². The van der Waals surface area contributed by atoms with Gasteiger partial charge in [0.1, 0.15) is 0 Å². The van der Waals surface area contributed by atoms with Gasteiger partial charge in [-0.15, -0.1) is 0 Å². The lowest BCUT2D eigenvalue weighted by atomic mass is 10.1. The van der Waals surface area contributed by atoms with Gasteiger partial charge >= 0.3 is 0 Å². The molecule has 1 atom stereocenters. The minimum Gasteiger partial charge on any atom is -0.391 e. The molecule has 0 aliphatic carbocycles. The summed E-state index contributed by atoms with van der Waals surface area (Å²) in [5.41, 5.74) is 1.99. The average molecular weight is 396 g/mol. The number of carbonyl (C=O) groups excluding carboxylic acids is 2. The van der Waals surface area contributed by atoms with Crippen molar-refractivity contribution in [2.75, 3.05) is 29.9 Å². The Morgan fingerprint density at radius 2 is 1.83 bits per heavy atom. The van der Waals surface area contributed by atoms with Crippen molar-refractivity contribution in [2.24, 2.45) is 0 Å². The van der Waals surface area contributed by atoms with Gasteiger partial charge in [-0.3, -0.25) is 9.59 Å². The number of rotatable bonds is 6. The van der Waals surface area contributed by atoms with E-state index in [4.69, 9.17) is 0 Å². The van der Waals surface area contributed by atoms with Crippen molar-refractivity contribution < 1.29 is 14.7 Å². The zero-order valence-corrected chi connectivity index (χ0v) is 17.0. The van der Waals surface area contributed by atoms with Crippen molar-refractivity contribution in [3.05, 3.63) is 60.2 Å². The number of piperidine rings is 1. The number of para-hydroxylation sites is 2. The van der Waals surface area contributed by atoms with Crippen molar-refractivity contribution >= 4 is 23.2 Å².